The Labute approximate surface area is 92.9 Å². The Morgan fingerprint density at radius 2 is 2.19 bits per heavy atom. The van der Waals surface area contributed by atoms with Crippen molar-refractivity contribution in [1.82, 2.24) is 5.32 Å². The summed E-state index contributed by atoms with van der Waals surface area (Å²) in [5, 5.41) is 11.5. The first-order valence-electron chi connectivity index (χ1n) is 5.27. The molecule has 84 valence electrons. The highest BCUT2D eigenvalue weighted by Gasteiger charge is 2.33. The first kappa shape index (κ1) is 11.0. The molecule has 0 heterocycles. The van der Waals surface area contributed by atoms with Crippen molar-refractivity contribution < 1.29 is 8.78 Å². The zero-order valence-electron chi connectivity index (χ0n) is 8.71. The quantitative estimate of drug-likeness (QED) is 0.794. The van der Waals surface area contributed by atoms with Gasteiger partial charge in [0.05, 0.1) is 12.6 Å². The average Bonchev–Trinajstić information content (AvgIpc) is 3.08. The van der Waals surface area contributed by atoms with E-state index in [1.165, 1.54) is 6.07 Å². The third kappa shape index (κ3) is 2.37. The first-order chi connectivity index (χ1) is 7.72. The molecule has 1 atom stereocenters. The van der Waals surface area contributed by atoms with E-state index in [4.69, 9.17) is 5.26 Å². The fourth-order valence-corrected chi connectivity index (χ4v) is 1.87. The molecule has 0 aliphatic heterocycles. The minimum absolute atomic E-state index is 0.150. The van der Waals surface area contributed by atoms with Gasteiger partial charge >= 0.3 is 0 Å². The second-order valence-electron chi connectivity index (χ2n) is 4.02. The van der Waals surface area contributed by atoms with Gasteiger partial charge in [-0.1, -0.05) is 0 Å². The topological polar surface area (TPSA) is 35.8 Å². The van der Waals surface area contributed by atoms with Crippen LogP contribution >= 0.6 is 0 Å². The van der Waals surface area contributed by atoms with Gasteiger partial charge in [0.25, 0.3) is 0 Å². The molecule has 0 spiro atoms. The number of nitrogens with zero attached hydrogens (tertiary/aromatic N) is 1. The Morgan fingerprint density at radius 3 is 2.81 bits per heavy atom. The van der Waals surface area contributed by atoms with Crippen molar-refractivity contribution in [3.05, 3.63) is 35.4 Å². The van der Waals surface area contributed by atoms with Gasteiger partial charge in [0.1, 0.15) is 11.6 Å². The van der Waals surface area contributed by atoms with Gasteiger partial charge in [0.2, 0.25) is 0 Å². The van der Waals surface area contributed by atoms with E-state index in [0.717, 1.165) is 25.0 Å². The Balaban J connectivity index is 2.23. The Kier molecular flexibility index (Phi) is 3.16. The lowest BCUT2D eigenvalue weighted by Crippen LogP contribution is -2.24. The number of nitrogens with one attached hydrogen (secondary N) is 1. The summed E-state index contributed by atoms with van der Waals surface area (Å²) in [5.74, 6) is -0.533. The molecule has 0 amide bonds. The van der Waals surface area contributed by atoms with Gasteiger partial charge in [-0.2, -0.15) is 5.26 Å². The van der Waals surface area contributed by atoms with E-state index >= 15 is 0 Å². The van der Waals surface area contributed by atoms with Gasteiger partial charge in [-0.3, -0.25) is 5.32 Å². The van der Waals surface area contributed by atoms with Crippen molar-refractivity contribution in [3.8, 4) is 6.07 Å². The molecular formula is C12H12F2N2. The number of halogens is 2. The number of hydrogen-bond donors (Lipinski definition) is 1. The van der Waals surface area contributed by atoms with Crippen LogP contribution in [0.15, 0.2) is 18.2 Å². The second kappa shape index (κ2) is 4.58. The molecule has 1 aliphatic rings. The minimum atomic E-state index is -0.444. The van der Waals surface area contributed by atoms with Crippen LogP contribution in [0.3, 0.4) is 0 Å². The van der Waals surface area contributed by atoms with Crippen LogP contribution in [0.1, 0.15) is 24.4 Å². The van der Waals surface area contributed by atoms with E-state index in [0.29, 0.717) is 11.5 Å². The summed E-state index contributed by atoms with van der Waals surface area (Å²) in [4.78, 5) is 0. The monoisotopic (exact) mass is 222 g/mol. The van der Waals surface area contributed by atoms with Crippen molar-refractivity contribution in [2.45, 2.75) is 18.9 Å². The van der Waals surface area contributed by atoms with Crippen molar-refractivity contribution in [3.63, 3.8) is 0 Å². The van der Waals surface area contributed by atoms with Crippen molar-refractivity contribution >= 4 is 0 Å². The van der Waals surface area contributed by atoms with Gasteiger partial charge in [-0.15, -0.1) is 0 Å². The second-order valence-corrected chi connectivity index (χ2v) is 4.02. The highest BCUT2D eigenvalue weighted by molar-refractivity contribution is 5.24. The zero-order chi connectivity index (χ0) is 11.5. The fourth-order valence-electron chi connectivity index (χ4n) is 1.87. The number of hydrogen-bond acceptors (Lipinski definition) is 2. The molecule has 1 saturated carbocycles. The van der Waals surface area contributed by atoms with E-state index in [2.05, 4.69) is 5.32 Å². The largest absolute Gasteiger partial charge is 0.297 e. The van der Waals surface area contributed by atoms with Gasteiger partial charge in [0, 0.05) is 11.6 Å². The summed E-state index contributed by atoms with van der Waals surface area (Å²) in [6.45, 7) is 0.150. The molecule has 1 aromatic rings. The van der Waals surface area contributed by atoms with Crippen LogP contribution in [0.4, 0.5) is 8.78 Å². The molecule has 1 fully saturated rings. The highest BCUT2D eigenvalue weighted by Crippen LogP contribution is 2.41. The fraction of sp³-hybridized carbons (Fsp3) is 0.417. The van der Waals surface area contributed by atoms with Crippen molar-refractivity contribution in [1.29, 1.82) is 5.26 Å². The van der Waals surface area contributed by atoms with E-state index in [1.807, 2.05) is 6.07 Å². The van der Waals surface area contributed by atoms with Crippen LogP contribution < -0.4 is 5.32 Å². The molecule has 1 N–H and O–H groups in total. The molecule has 1 aliphatic carbocycles. The Hall–Kier alpha value is -1.47. The molecule has 2 rings (SSSR count). The predicted molar refractivity (Wildman–Crippen MR) is 55.4 cm³/mol. The molecule has 0 unspecified atom stereocenters. The van der Waals surface area contributed by atoms with E-state index in [1.54, 1.807) is 0 Å². The normalized spacial score (nSPS) is 16.8. The van der Waals surface area contributed by atoms with Gasteiger partial charge in [-0.25, -0.2) is 8.78 Å². The first-order valence-corrected chi connectivity index (χ1v) is 5.27. The number of rotatable bonds is 4. The molecule has 0 aromatic heterocycles. The Morgan fingerprint density at radius 1 is 1.44 bits per heavy atom. The summed E-state index contributed by atoms with van der Waals surface area (Å²) < 4.78 is 26.6. The van der Waals surface area contributed by atoms with E-state index < -0.39 is 11.6 Å². The lowest BCUT2D eigenvalue weighted by atomic mass is 10.0. The van der Waals surface area contributed by atoms with Crippen molar-refractivity contribution in [2.24, 2.45) is 5.92 Å². The lowest BCUT2D eigenvalue weighted by molar-refractivity contribution is 0.473. The minimum Gasteiger partial charge on any atom is -0.297 e. The van der Waals surface area contributed by atoms with Crippen LogP contribution in [0, 0.1) is 28.9 Å². The standard InChI is InChI=1S/C12H12F2N2/c13-9-3-4-11(14)10(7-9)12(8-1-2-8)16-6-5-15/h3-4,7-8,12,16H,1-2,6H2/t12-/m0/s1. The highest BCUT2D eigenvalue weighted by atomic mass is 19.1. The smallest absolute Gasteiger partial charge is 0.128 e. The van der Waals surface area contributed by atoms with Gasteiger partial charge in [-0.05, 0) is 37.0 Å². The maximum Gasteiger partial charge on any atom is 0.128 e. The summed E-state index contributed by atoms with van der Waals surface area (Å²) >= 11 is 0. The van der Waals surface area contributed by atoms with Crippen molar-refractivity contribution in [2.75, 3.05) is 6.54 Å². The summed E-state index contributed by atoms with van der Waals surface area (Å²) in [5.41, 5.74) is 0.331. The van der Waals surface area contributed by atoms with E-state index in [-0.39, 0.29) is 12.6 Å². The van der Waals surface area contributed by atoms with Gasteiger partial charge in [0.15, 0.2) is 0 Å². The molecular weight excluding hydrogens is 210 g/mol. The predicted octanol–water partition coefficient (Wildman–Crippen LogP) is 2.53. The number of nitriles is 1. The summed E-state index contributed by atoms with van der Waals surface area (Å²) in [7, 11) is 0. The molecule has 0 saturated heterocycles. The Bertz CT molecular complexity index is 422. The maximum absolute atomic E-state index is 13.5. The lowest BCUT2D eigenvalue weighted by Gasteiger charge is -2.17. The third-order valence-electron chi connectivity index (χ3n) is 2.79. The molecule has 2 nitrogen and oxygen atoms in total. The molecule has 1 aromatic carbocycles. The van der Waals surface area contributed by atoms with Crippen LogP contribution in [-0.4, -0.2) is 6.54 Å². The van der Waals surface area contributed by atoms with Crippen LogP contribution in [-0.2, 0) is 0 Å². The molecule has 0 radical (unpaired) electrons. The van der Waals surface area contributed by atoms with E-state index in [9.17, 15) is 8.78 Å². The molecule has 4 heteroatoms. The van der Waals surface area contributed by atoms with Crippen LogP contribution in [0.25, 0.3) is 0 Å². The van der Waals surface area contributed by atoms with Crippen LogP contribution in [0.2, 0.25) is 0 Å². The summed E-state index contributed by atoms with van der Waals surface area (Å²) in [6.07, 6.45) is 2.00. The number of benzene rings is 1. The average molecular weight is 222 g/mol. The van der Waals surface area contributed by atoms with Gasteiger partial charge < -0.3 is 0 Å². The SMILES string of the molecule is N#CCN[C@H](c1cc(F)ccc1F)C1CC1. The molecule has 16 heavy (non-hydrogen) atoms. The maximum atomic E-state index is 13.5. The molecule has 0 bridgehead atoms. The van der Waals surface area contributed by atoms with Crippen LogP contribution in [0.5, 0.6) is 0 Å². The third-order valence-corrected chi connectivity index (χ3v) is 2.79. The summed E-state index contributed by atoms with van der Waals surface area (Å²) in [6, 6.07) is 5.17. The zero-order valence-corrected chi connectivity index (χ0v) is 8.71.